The Bertz CT molecular complexity index is 328. The van der Waals surface area contributed by atoms with Crippen LogP contribution in [0.25, 0.3) is 0 Å². The van der Waals surface area contributed by atoms with Crippen LogP contribution in [-0.2, 0) is 6.54 Å². The molecule has 2 N–H and O–H groups in total. The lowest BCUT2D eigenvalue weighted by Crippen LogP contribution is -2.17. The third-order valence-electron chi connectivity index (χ3n) is 1.96. The lowest BCUT2D eigenvalue weighted by atomic mass is 10.2. The minimum absolute atomic E-state index is 0.366. The monoisotopic (exact) mass is 199 g/mol. The maximum Gasteiger partial charge on any atom is 0.167 e. The molecule has 70 valence electrons. The van der Waals surface area contributed by atoms with Crippen molar-refractivity contribution in [3.8, 4) is 11.5 Å². The molecule has 3 nitrogen and oxygen atoms in total. The van der Waals surface area contributed by atoms with Crippen LogP contribution in [0, 0.1) is 0 Å². The Hall–Kier alpha value is -0.930. The lowest BCUT2D eigenvalue weighted by Gasteiger charge is -2.21. The Morgan fingerprint density at radius 3 is 2.85 bits per heavy atom. The van der Waals surface area contributed by atoms with Gasteiger partial charge in [0.25, 0.3) is 0 Å². The standard InChI is InChI=1S/C9H10ClNO2/c10-7-1-2-8-9(6(7)5-11)13-4-3-12-8/h1-2H,3-5,11H2. The van der Waals surface area contributed by atoms with Crippen molar-refractivity contribution in [3.63, 3.8) is 0 Å². The maximum atomic E-state index is 5.95. The van der Waals surface area contributed by atoms with E-state index in [4.69, 9.17) is 26.8 Å². The molecule has 0 spiro atoms. The first-order valence-corrected chi connectivity index (χ1v) is 4.48. The molecule has 0 saturated carbocycles. The predicted molar refractivity (Wildman–Crippen MR) is 50.3 cm³/mol. The van der Waals surface area contributed by atoms with Gasteiger partial charge in [0.15, 0.2) is 11.5 Å². The number of rotatable bonds is 1. The second kappa shape index (κ2) is 3.44. The van der Waals surface area contributed by atoms with Gasteiger partial charge in [-0.3, -0.25) is 0 Å². The molecule has 1 aliphatic heterocycles. The Morgan fingerprint density at radius 2 is 2.08 bits per heavy atom. The highest BCUT2D eigenvalue weighted by atomic mass is 35.5. The molecule has 13 heavy (non-hydrogen) atoms. The van der Waals surface area contributed by atoms with Crippen molar-refractivity contribution in [2.75, 3.05) is 13.2 Å². The van der Waals surface area contributed by atoms with E-state index in [0.717, 1.165) is 11.3 Å². The zero-order valence-corrected chi connectivity index (χ0v) is 7.80. The van der Waals surface area contributed by atoms with E-state index < -0.39 is 0 Å². The van der Waals surface area contributed by atoms with Gasteiger partial charge < -0.3 is 15.2 Å². The van der Waals surface area contributed by atoms with Gasteiger partial charge in [0.1, 0.15) is 13.2 Å². The van der Waals surface area contributed by atoms with Crippen molar-refractivity contribution in [2.24, 2.45) is 5.73 Å². The van der Waals surface area contributed by atoms with Crippen molar-refractivity contribution in [1.82, 2.24) is 0 Å². The van der Waals surface area contributed by atoms with Crippen LogP contribution in [-0.4, -0.2) is 13.2 Å². The Morgan fingerprint density at radius 1 is 1.31 bits per heavy atom. The normalized spacial score (nSPS) is 14.3. The maximum absolute atomic E-state index is 5.95. The summed E-state index contributed by atoms with van der Waals surface area (Å²) in [7, 11) is 0. The summed E-state index contributed by atoms with van der Waals surface area (Å²) in [6.07, 6.45) is 0. The number of fused-ring (bicyclic) bond motifs is 1. The SMILES string of the molecule is NCc1c(Cl)ccc2c1OCCO2. The summed E-state index contributed by atoms with van der Waals surface area (Å²) < 4.78 is 10.8. The van der Waals surface area contributed by atoms with Gasteiger partial charge in [0.05, 0.1) is 0 Å². The summed E-state index contributed by atoms with van der Waals surface area (Å²) in [4.78, 5) is 0. The number of nitrogens with two attached hydrogens (primary N) is 1. The van der Waals surface area contributed by atoms with Gasteiger partial charge in [0, 0.05) is 17.1 Å². The molecule has 4 heteroatoms. The van der Waals surface area contributed by atoms with Gasteiger partial charge in [0.2, 0.25) is 0 Å². The van der Waals surface area contributed by atoms with E-state index in [2.05, 4.69) is 0 Å². The summed E-state index contributed by atoms with van der Waals surface area (Å²) in [5.41, 5.74) is 6.37. The molecule has 1 aliphatic rings. The minimum Gasteiger partial charge on any atom is -0.486 e. The molecule has 0 unspecified atom stereocenters. The molecular formula is C9H10ClNO2. The first-order valence-electron chi connectivity index (χ1n) is 4.10. The molecule has 1 heterocycles. The summed E-state index contributed by atoms with van der Waals surface area (Å²) in [5, 5.41) is 0.631. The van der Waals surface area contributed by atoms with Crippen LogP contribution in [0.4, 0.5) is 0 Å². The van der Waals surface area contributed by atoms with E-state index in [1.807, 2.05) is 0 Å². The van der Waals surface area contributed by atoms with E-state index in [1.54, 1.807) is 12.1 Å². The summed E-state index contributed by atoms with van der Waals surface area (Å²) >= 11 is 5.95. The van der Waals surface area contributed by atoms with Crippen LogP contribution >= 0.6 is 11.6 Å². The molecule has 0 fully saturated rings. The molecule has 0 bridgehead atoms. The van der Waals surface area contributed by atoms with Crippen LogP contribution in [0.3, 0.4) is 0 Å². The van der Waals surface area contributed by atoms with E-state index >= 15 is 0 Å². The average molecular weight is 200 g/mol. The summed E-state index contributed by atoms with van der Waals surface area (Å²) in [6.45, 7) is 1.50. The molecule has 1 aromatic carbocycles. The third-order valence-corrected chi connectivity index (χ3v) is 2.31. The Balaban J connectivity index is 2.52. The first kappa shape index (κ1) is 8.66. The molecule has 0 aliphatic carbocycles. The molecule has 0 atom stereocenters. The van der Waals surface area contributed by atoms with E-state index in [-0.39, 0.29) is 0 Å². The van der Waals surface area contributed by atoms with Gasteiger partial charge in [-0.15, -0.1) is 0 Å². The number of halogens is 1. The fourth-order valence-corrected chi connectivity index (χ4v) is 1.57. The van der Waals surface area contributed by atoms with Gasteiger partial charge in [-0.05, 0) is 12.1 Å². The van der Waals surface area contributed by atoms with Crippen LogP contribution < -0.4 is 15.2 Å². The first-order chi connectivity index (χ1) is 6.33. The van der Waals surface area contributed by atoms with Gasteiger partial charge in [-0.25, -0.2) is 0 Å². The molecule has 1 aromatic rings. The summed E-state index contributed by atoms with van der Waals surface area (Å²) in [6, 6.07) is 3.58. The van der Waals surface area contributed by atoms with Crippen LogP contribution in [0.2, 0.25) is 5.02 Å². The average Bonchev–Trinajstić information content (AvgIpc) is 2.18. The van der Waals surface area contributed by atoms with Gasteiger partial charge in [-0.2, -0.15) is 0 Å². The molecule has 0 aromatic heterocycles. The minimum atomic E-state index is 0.366. The van der Waals surface area contributed by atoms with Gasteiger partial charge >= 0.3 is 0 Å². The molecule has 0 saturated heterocycles. The number of hydrogen-bond acceptors (Lipinski definition) is 3. The predicted octanol–water partition coefficient (Wildman–Crippen LogP) is 1.57. The molecule has 2 rings (SSSR count). The third kappa shape index (κ3) is 1.45. The Labute approximate surface area is 81.4 Å². The van der Waals surface area contributed by atoms with Crippen molar-refractivity contribution < 1.29 is 9.47 Å². The topological polar surface area (TPSA) is 44.5 Å². The quantitative estimate of drug-likeness (QED) is 0.747. The van der Waals surface area contributed by atoms with E-state index in [1.165, 1.54) is 0 Å². The fourth-order valence-electron chi connectivity index (χ4n) is 1.34. The van der Waals surface area contributed by atoms with E-state index in [9.17, 15) is 0 Å². The van der Waals surface area contributed by atoms with Crippen molar-refractivity contribution in [2.45, 2.75) is 6.54 Å². The van der Waals surface area contributed by atoms with Crippen LogP contribution in [0.15, 0.2) is 12.1 Å². The highest BCUT2D eigenvalue weighted by Crippen LogP contribution is 2.37. The lowest BCUT2D eigenvalue weighted by molar-refractivity contribution is 0.170. The van der Waals surface area contributed by atoms with Crippen molar-refractivity contribution in [1.29, 1.82) is 0 Å². The number of benzene rings is 1. The van der Waals surface area contributed by atoms with Crippen molar-refractivity contribution in [3.05, 3.63) is 22.7 Å². The fraction of sp³-hybridized carbons (Fsp3) is 0.333. The van der Waals surface area contributed by atoms with E-state index in [0.29, 0.717) is 30.5 Å². The molecule has 0 radical (unpaired) electrons. The van der Waals surface area contributed by atoms with Crippen molar-refractivity contribution >= 4 is 11.6 Å². The highest BCUT2D eigenvalue weighted by molar-refractivity contribution is 6.31. The largest absolute Gasteiger partial charge is 0.486 e. The summed E-state index contributed by atoms with van der Waals surface area (Å²) in [5.74, 6) is 1.43. The number of hydrogen-bond donors (Lipinski definition) is 1. The van der Waals surface area contributed by atoms with Crippen LogP contribution in [0.1, 0.15) is 5.56 Å². The smallest absolute Gasteiger partial charge is 0.167 e. The zero-order valence-electron chi connectivity index (χ0n) is 7.05. The highest BCUT2D eigenvalue weighted by Gasteiger charge is 2.17. The molecule has 0 amide bonds. The Kier molecular flexibility index (Phi) is 2.29. The van der Waals surface area contributed by atoms with Gasteiger partial charge in [-0.1, -0.05) is 11.6 Å². The second-order valence-corrected chi connectivity index (χ2v) is 3.16. The van der Waals surface area contributed by atoms with Crippen LogP contribution in [0.5, 0.6) is 11.5 Å². The zero-order chi connectivity index (χ0) is 9.26. The number of ether oxygens (including phenoxy) is 2. The second-order valence-electron chi connectivity index (χ2n) is 2.75. The molecular weight excluding hydrogens is 190 g/mol.